The minimum absolute atomic E-state index is 0.0262. The van der Waals surface area contributed by atoms with E-state index >= 15 is 0 Å². The van der Waals surface area contributed by atoms with Gasteiger partial charge in [-0.2, -0.15) is 13.2 Å². The lowest BCUT2D eigenvalue weighted by atomic mass is 10.2. The van der Waals surface area contributed by atoms with Crippen molar-refractivity contribution in [1.82, 2.24) is 0 Å². The van der Waals surface area contributed by atoms with Gasteiger partial charge in [-0.3, -0.25) is 0 Å². The normalized spacial score (nSPS) is 11.1. The molecule has 0 saturated carbocycles. The van der Waals surface area contributed by atoms with Crippen LogP contribution in [0.1, 0.15) is 17.3 Å². The second-order valence-corrected chi connectivity index (χ2v) is 3.27. The average molecular weight is 264 g/mol. The third-order valence-corrected chi connectivity index (χ3v) is 1.89. The van der Waals surface area contributed by atoms with Gasteiger partial charge in [-0.1, -0.05) is 6.07 Å². The van der Waals surface area contributed by atoms with Crippen LogP contribution in [0.2, 0.25) is 0 Å². The van der Waals surface area contributed by atoms with Crippen LogP contribution < -0.4 is 9.47 Å². The SMILES string of the molecule is CCOc1cccc(C(=O)O)c1OCC(F)(F)F. The van der Waals surface area contributed by atoms with Crippen LogP contribution in [0.3, 0.4) is 0 Å². The Labute approximate surface area is 101 Å². The maximum Gasteiger partial charge on any atom is 0.422 e. The summed E-state index contributed by atoms with van der Waals surface area (Å²) in [6, 6.07) is 3.87. The first-order chi connectivity index (χ1) is 8.35. The maximum atomic E-state index is 12.1. The summed E-state index contributed by atoms with van der Waals surface area (Å²) in [4.78, 5) is 10.9. The van der Waals surface area contributed by atoms with Gasteiger partial charge in [-0.15, -0.1) is 0 Å². The first-order valence-corrected chi connectivity index (χ1v) is 5.03. The molecule has 100 valence electrons. The molecule has 0 aromatic heterocycles. The predicted molar refractivity (Wildman–Crippen MR) is 56.1 cm³/mol. The summed E-state index contributed by atoms with van der Waals surface area (Å²) in [6.07, 6.45) is -4.55. The summed E-state index contributed by atoms with van der Waals surface area (Å²) >= 11 is 0. The van der Waals surface area contributed by atoms with Crippen LogP contribution in [0.25, 0.3) is 0 Å². The highest BCUT2D eigenvalue weighted by Crippen LogP contribution is 2.32. The highest BCUT2D eigenvalue weighted by atomic mass is 19.4. The lowest BCUT2D eigenvalue weighted by Gasteiger charge is -2.15. The van der Waals surface area contributed by atoms with Crippen molar-refractivity contribution < 1.29 is 32.5 Å². The van der Waals surface area contributed by atoms with Crippen molar-refractivity contribution >= 4 is 5.97 Å². The number of rotatable bonds is 5. The summed E-state index contributed by atoms with van der Waals surface area (Å²) in [7, 11) is 0. The van der Waals surface area contributed by atoms with E-state index in [1.165, 1.54) is 12.1 Å². The molecule has 1 aromatic carbocycles. The van der Waals surface area contributed by atoms with E-state index in [0.29, 0.717) is 0 Å². The average Bonchev–Trinajstić information content (AvgIpc) is 2.26. The number of ether oxygens (including phenoxy) is 2. The third kappa shape index (κ3) is 3.83. The minimum Gasteiger partial charge on any atom is -0.490 e. The van der Waals surface area contributed by atoms with Gasteiger partial charge in [0.1, 0.15) is 5.56 Å². The zero-order valence-corrected chi connectivity index (χ0v) is 9.45. The number of carboxylic acid groups (broad SMARTS) is 1. The number of carbonyl (C=O) groups is 1. The molecule has 0 unspecified atom stereocenters. The summed E-state index contributed by atoms with van der Waals surface area (Å²) in [5, 5.41) is 8.87. The number of para-hydroxylation sites is 1. The fraction of sp³-hybridized carbons (Fsp3) is 0.364. The molecule has 0 atom stereocenters. The van der Waals surface area contributed by atoms with E-state index in [4.69, 9.17) is 9.84 Å². The van der Waals surface area contributed by atoms with E-state index in [0.717, 1.165) is 6.07 Å². The number of aromatic carboxylic acids is 1. The molecule has 18 heavy (non-hydrogen) atoms. The zero-order valence-electron chi connectivity index (χ0n) is 9.45. The standard InChI is InChI=1S/C11H11F3O4/c1-2-17-8-5-3-4-7(10(15)16)9(8)18-6-11(12,13)14/h3-5H,2,6H2,1H3,(H,15,16). The molecule has 1 aromatic rings. The molecule has 0 aliphatic rings. The van der Waals surface area contributed by atoms with Gasteiger partial charge >= 0.3 is 12.1 Å². The molecular weight excluding hydrogens is 253 g/mol. The van der Waals surface area contributed by atoms with E-state index in [2.05, 4.69) is 4.74 Å². The van der Waals surface area contributed by atoms with Crippen LogP contribution in [0.4, 0.5) is 13.2 Å². The van der Waals surface area contributed by atoms with Crippen LogP contribution >= 0.6 is 0 Å². The van der Waals surface area contributed by atoms with Gasteiger partial charge in [0, 0.05) is 0 Å². The summed E-state index contributed by atoms with van der Waals surface area (Å²) in [6.45, 7) is 0.240. The van der Waals surface area contributed by atoms with Crippen molar-refractivity contribution in [3.8, 4) is 11.5 Å². The van der Waals surface area contributed by atoms with Crippen molar-refractivity contribution in [3.05, 3.63) is 23.8 Å². The molecule has 0 radical (unpaired) electrons. The Bertz CT molecular complexity index is 429. The van der Waals surface area contributed by atoms with Crippen molar-refractivity contribution in [3.63, 3.8) is 0 Å². The van der Waals surface area contributed by atoms with Gasteiger partial charge in [0.15, 0.2) is 18.1 Å². The van der Waals surface area contributed by atoms with E-state index in [1.54, 1.807) is 6.92 Å². The number of hydrogen-bond acceptors (Lipinski definition) is 3. The molecule has 1 N–H and O–H groups in total. The van der Waals surface area contributed by atoms with Crippen LogP contribution in [0.15, 0.2) is 18.2 Å². The Morgan fingerprint density at radius 1 is 1.33 bits per heavy atom. The zero-order chi connectivity index (χ0) is 13.8. The number of alkyl halides is 3. The highest BCUT2D eigenvalue weighted by Gasteiger charge is 2.30. The smallest absolute Gasteiger partial charge is 0.422 e. The topological polar surface area (TPSA) is 55.8 Å². The predicted octanol–water partition coefficient (Wildman–Crippen LogP) is 2.72. The molecule has 0 fully saturated rings. The minimum atomic E-state index is -4.55. The van der Waals surface area contributed by atoms with Gasteiger partial charge in [0.25, 0.3) is 0 Å². The van der Waals surface area contributed by atoms with Crippen molar-refractivity contribution in [2.75, 3.05) is 13.2 Å². The van der Waals surface area contributed by atoms with E-state index in [-0.39, 0.29) is 17.9 Å². The summed E-state index contributed by atoms with van der Waals surface area (Å²) in [5.74, 6) is -1.82. The van der Waals surface area contributed by atoms with Gasteiger partial charge < -0.3 is 14.6 Å². The monoisotopic (exact) mass is 264 g/mol. The van der Waals surface area contributed by atoms with Crippen molar-refractivity contribution in [2.24, 2.45) is 0 Å². The molecule has 0 aliphatic heterocycles. The Balaban J connectivity index is 3.06. The maximum absolute atomic E-state index is 12.1. The summed E-state index contributed by atoms with van der Waals surface area (Å²) < 4.78 is 45.8. The molecule has 0 spiro atoms. The number of hydrogen-bond donors (Lipinski definition) is 1. The molecule has 7 heteroatoms. The van der Waals surface area contributed by atoms with E-state index in [9.17, 15) is 18.0 Å². The van der Waals surface area contributed by atoms with Gasteiger partial charge in [-0.05, 0) is 19.1 Å². The fourth-order valence-electron chi connectivity index (χ4n) is 1.26. The lowest BCUT2D eigenvalue weighted by Crippen LogP contribution is -2.20. The lowest BCUT2D eigenvalue weighted by molar-refractivity contribution is -0.153. The van der Waals surface area contributed by atoms with Gasteiger partial charge in [0.2, 0.25) is 0 Å². The van der Waals surface area contributed by atoms with Crippen LogP contribution in [-0.4, -0.2) is 30.5 Å². The van der Waals surface area contributed by atoms with Crippen molar-refractivity contribution in [1.29, 1.82) is 0 Å². The molecule has 0 heterocycles. The van der Waals surface area contributed by atoms with E-state index < -0.39 is 24.5 Å². The summed E-state index contributed by atoms with van der Waals surface area (Å²) in [5.41, 5.74) is -0.370. The Morgan fingerprint density at radius 3 is 2.50 bits per heavy atom. The van der Waals surface area contributed by atoms with Crippen LogP contribution in [0, 0.1) is 0 Å². The Morgan fingerprint density at radius 2 is 2.00 bits per heavy atom. The molecular formula is C11H11F3O4. The number of benzene rings is 1. The van der Waals surface area contributed by atoms with Crippen molar-refractivity contribution in [2.45, 2.75) is 13.1 Å². The van der Waals surface area contributed by atoms with Gasteiger partial charge in [-0.25, -0.2) is 4.79 Å². The molecule has 4 nitrogen and oxygen atoms in total. The third-order valence-electron chi connectivity index (χ3n) is 1.89. The second kappa shape index (κ2) is 5.61. The second-order valence-electron chi connectivity index (χ2n) is 3.27. The quantitative estimate of drug-likeness (QED) is 0.888. The number of halogens is 3. The van der Waals surface area contributed by atoms with Crippen LogP contribution in [-0.2, 0) is 0 Å². The Kier molecular flexibility index (Phi) is 4.41. The highest BCUT2D eigenvalue weighted by molar-refractivity contribution is 5.92. The largest absolute Gasteiger partial charge is 0.490 e. The van der Waals surface area contributed by atoms with Gasteiger partial charge in [0.05, 0.1) is 6.61 Å². The Hall–Kier alpha value is -1.92. The van der Waals surface area contributed by atoms with E-state index in [1.807, 2.05) is 0 Å². The molecule has 0 bridgehead atoms. The first-order valence-electron chi connectivity index (χ1n) is 5.03. The molecule has 0 saturated heterocycles. The molecule has 0 amide bonds. The first kappa shape index (κ1) is 14.1. The molecule has 0 aliphatic carbocycles. The number of carboxylic acids is 1. The molecule has 1 rings (SSSR count). The fourth-order valence-corrected chi connectivity index (χ4v) is 1.26. The van der Waals surface area contributed by atoms with Crippen LogP contribution in [0.5, 0.6) is 11.5 Å².